The lowest BCUT2D eigenvalue weighted by atomic mass is 10.1. The SMILES string of the molecule is NC(=S)c1ccc(Nc2ccc3c(c2)CCC3)c(F)c1F. The van der Waals surface area contributed by atoms with Crippen molar-refractivity contribution in [2.24, 2.45) is 5.73 Å². The zero-order valence-electron chi connectivity index (χ0n) is 11.2. The van der Waals surface area contributed by atoms with Crippen LogP contribution >= 0.6 is 12.2 Å². The lowest BCUT2D eigenvalue weighted by Gasteiger charge is -2.11. The van der Waals surface area contributed by atoms with Crippen molar-refractivity contribution in [1.29, 1.82) is 0 Å². The van der Waals surface area contributed by atoms with Crippen LogP contribution in [0.2, 0.25) is 0 Å². The normalized spacial score (nSPS) is 13.0. The molecule has 0 heterocycles. The molecule has 0 radical (unpaired) electrons. The molecule has 2 aromatic carbocycles. The van der Waals surface area contributed by atoms with Gasteiger partial charge in [0.05, 0.1) is 5.69 Å². The Bertz CT molecular complexity index is 728. The summed E-state index contributed by atoms with van der Waals surface area (Å²) in [6, 6.07) is 8.73. The van der Waals surface area contributed by atoms with E-state index >= 15 is 0 Å². The maximum atomic E-state index is 14.0. The smallest absolute Gasteiger partial charge is 0.182 e. The molecule has 1 aliphatic carbocycles. The highest BCUT2D eigenvalue weighted by atomic mass is 32.1. The van der Waals surface area contributed by atoms with Gasteiger partial charge >= 0.3 is 0 Å². The van der Waals surface area contributed by atoms with Gasteiger partial charge in [-0.15, -0.1) is 0 Å². The number of nitrogens with two attached hydrogens (primary N) is 1. The van der Waals surface area contributed by atoms with Gasteiger partial charge in [0.1, 0.15) is 4.99 Å². The Kier molecular flexibility index (Phi) is 3.59. The van der Waals surface area contributed by atoms with E-state index in [1.165, 1.54) is 23.3 Å². The molecule has 0 aliphatic heterocycles. The molecule has 2 nitrogen and oxygen atoms in total. The van der Waals surface area contributed by atoms with Crippen LogP contribution in [0.1, 0.15) is 23.1 Å². The summed E-state index contributed by atoms with van der Waals surface area (Å²) in [6.07, 6.45) is 3.26. The Morgan fingerprint density at radius 3 is 2.57 bits per heavy atom. The van der Waals surface area contributed by atoms with Crippen molar-refractivity contribution in [2.75, 3.05) is 5.32 Å². The zero-order chi connectivity index (χ0) is 15.0. The van der Waals surface area contributed by atoms with Crippen molar-refractivity contribution in [3.63, 3.8) is 0 Å². The van der Waals surface area contributed by atoms with E-state index in [1.807, 2.05) is 18.2 Å². The molecule has 3 rings (SSSR count). The van der Waals surface area contributed by atoms with E-state index in [2.05, 4.69) is 17.5 Å². The third-order valence-electron chi connectivity index (χ3n) is 3.73. The first-order valence-corrected chi connectivity index (χ1v) is 7.13. The monoisotopic (exact) mass is 304 g/mol. The predicted octanol–water partition coefficient (Wildman–Crippen LogP) is 3.83. The number of benzene rings is 2. The quantitative estimate of drug-likeness (QED) is 0.846. The molecule has 0 saturated carbocycles. The van der Waals surface area contributed by atoms with E-state index in [4.69, 9.17) is 5.73 Å². The first-order chi connectivity index (χ1) is 10.1. The summed E-state index contributed by atoms with van der Waals surface area (Å²) < 4.78 is 27.9. The largest absolute Gasteiger partial charge is 0.389 e. The fourth-order valence-electron chi connectivity index (χ4n) is 2.64. The Morgan fingerprint density at radius 1 is 1.05 bits per heavy atom. The standard InChI is InChI=1S/C16H14F2N2S/c17-14-12(16(19)21)6-7-13(15(14)18)20-11-5-4-9-2-1-3-10(9)8-11/h4-8,20H,1-3H2,(H2,19,21). The summed E-state index contributed by atoms with van der Waals surface area (Å²) >= 11 is 4.69. The lowest BCUT2D eigenvalue weighted by molar-refractivity contribution is 0.510. The predicted molar refractivity (Wildman–Crippen MR) is 84.0 cm³/mol. The van der Waals surface area contributed by atoms with Gasteiger partial charge < -0.3 is 11.1 Å². The van der Waals surface area contributed by atoms with Crippen LogP contribution in [0.3, 0.4) is 0 Å². The third-order valence-corrected chi connectivity index (χ3v) is 3.95. The lowest BCUT2D eigenvalue weighted by Crippen LogP contribution is -2.13. The van der Waals surface area contributed by atoms with Gasteiger partial charge in [0.15, 0.2) is 11.6 Å². The second-order valence-corrected chi connectivity index (χ2v) is 5.55. The molecule has 0 spiro atoms. The summed E-state index contributed by atoms with van der Waals surface area (Å²) in [6.45, 7) is 0. The molecular weight excluding hydrogens is 290 g/mol. The van der Waals surface area contributed by atoms with Crippen molar-refractivity contribution in [3.8, 4) is 0 Å². The molecule has 21 heavy (non-hydrogen) atoms. The van der Waals surface area contributed by atoms with Gasteiger partial charge in [0.2, 0.25) is 0 Å². The Labute approximate surface area is 127 Å². The molecule has 0 bridgehead atoms. The molecule has 0 fully saturated rings. The van der Waals surface area contributed by atoms with Crippen LogP contribution in [0.4, 0.5) is 20.2 Å². The highest BCUT2D eigenvalue weighted by Gasteiger charge is 2.16. The minimum atomic E-state index is -1.02. The molecule has 0 saturated heterocycles. The number of anilines is 2. The van der Waals surface area contributed by atoms with Gasteiger partial charge in [-0.25, -0.2) is 8.78 Å². The van der Waals surface area contributed by atoms with Gasteiger partial charge in [0.25, 0.3) is 0 Å². The van der Waals surface area contributed by atoms with Crippen LogP contribution < -0.4 is 11.1 Å². The number of nitrogens with one attached hydrogen (secondary N) is 1. The molecule has 0 unspecified atom stereocenters. The van der Waals surface area contributed by atoms with Gasteiger partial charge in [0, 0.05) is 11.3 Å². The minimum Gasteiger partial charge on any atom is -0.389 e. The zero-order valence-corrected chi connectivity index (χ0v) is 12.1. The average molecular weight is 304 g/mol. The average Bonchev–Trinajstić information content (AvgIpc) is 2.91. The van der Waals surface area contributed by atoms with E-state index in [0.717, 1.165) is 24.9 Å². The van der Waals surface area contributed by atoms with Crippen LogP contribution in [-0.2, 0) is 12.8 Å². The fourth-order valence-corrected chi connectivity index (χ4v) is 2.80. The third kappa shape index (κ3) is 2.61. The van der Waals surface area contributed by atoms with E-state index in [9.17, 15) is 8.78 Å². The molecule has 5 heteroatoms. The Morgan fingerprint density at radius 2 is 1.81 bits per heavy atom. The van der Waals surface area contributed by atoms with Crippen molar-refractivity contribution < 1.29 is 8.78 Å². The van der Waals surface area contributed by atoms with Crippen LogP contribution in [0, 0.1) is 11.6 Å². The van der Waals surface area contributed by atoms with E-state index in [-0.39, 0.29) is 16.2 Å². The number of halogens is 2. The highest BCUT2D eigenvalue weighted by molar-refractivity contribution is 7.80. The van der Waals surface area contributed by atoms with Gasteiger partial charge in [-0.3, -0.25) is 0 Å². The van der Waals surface area contributed by atoms with Crippen LogP contribution in [-0.4, -0.2) is 4.99 Å². The number of hydrogen-bond acceptors (Lipinski definition) is 2. The maximum Gasteiger partial charge on any atom is 0.182 e. The summed E-state index contributed by atoms with van der Waals surface area (Å²) in [7, 11) is 0. The topological polar surface area (TPSA) is 38.0 Å². The molecule has 1 aliphatic rings. The highest BCUT2D eigenvalue weighted by Crippen LogP contribution is 2.28. The van der Waals surface area contributed by atoms with Gasteiger partial charge in [-0.1, -0.05) is 18.3 Å². The number of hydrogen-bond donors (Lipinski definition) is 2. The Hall–Kier alpha value is -2.01. The fraction of sp³-hybridized carbons (Fsp3) is 0.188. The molecular formula is C16H14F2N2S. The number of rotatable bonds is 3. The van der Waals surface area contributed by atoms with E-state index in [1.54, 1.807) is 0 Å². The van der Waals surface area contributed by atoms with Crippen LogP contribution in [0.15, 0.2) is 30.3 Å². The molecule has 3 N–H and O–H groups in total. The Balaban J connectivity index is 1.92. The second-order valence-electron chi connectivity index (χ2n) is 5.11. The van der Waals surface area contributed by atoms with E-state index < -0.39 is 11.6 Å². The van der Waals surface area contributed by atoms with Crippen molar-refractivity contribution >= 4 is 28.6 Å². The second kappa shape index (κ2) is 5.41. The van der Waals surface area contributed by atoms with Gasteiger partial charge in [-0.05, 0) is 54.7 Å². The number of thiocarbonyl (C=S) groups is 1. The summed E-state index contributed by atoms with van der Waals surface area (Å²) in [5, 5.41) is 2.91. The molecule has 2 aromatic rings. The van der Waals surface area contributed by atoms with Gasteiger partial charge in [-0.2, -0.15) is 0 Å². The summed E-state index contributed by atoms with van der Waals surface area (Å²) in [4.78, 5) is -0.157. The summed E-state index contributed by atoms with van der Waals surface area (Å²) in [5.74, 6) is -1.99. The molecule has 108 valence electrons. The number of fused-ring (bicyclic) bond motifs is 1. The van der Waals surface area contributed by atoms with Crippen LogP contribution in [0.25, 0.3) is 0 Å². The molecule has 0 atom stereocenters. The van der Waals surface area contributed by atoms with Crippen molar-refractivity contribution in [3.05, 3.63) is 58.7 Å². The minimum absolute atomic E-state index is 0.0745. The van der Waals surface area contributed by atoms with Crippen molar-refractivity contribution in [2.45, 2.75) is 19.3 Å². The van der Waals surface area contributed by atoms with E-state index in [0.29, 0.717) is 0 Å². The molecule has 0 aromatic heterocycles. The molecule has 0 amide bonds. The van der Waals surface area contributed by atoms with Crippen molar-refractivity contribution in [1.82, 2.24) is 0 Å². The first kappa shape index (κ1) is 13.9. The van der Waals surface area contributed by atoms with Crippen LogP contribution in [0.5, 0.6) is 0 Å². The summed E-state index contributed by atoms with van der Waals surface area (Å²) in [5.41, 5.74) is 8.69. The number of aryl methyl sites for hydroxylation is 2. The first-order valence-electron chi connectivity index (χ1n) is 6.73. The maximum absolute atomic E-state index is 14.0.